The second-order valence-corrected chi connectivity index (χ2v) is 12.2. The summed E-state index contributed by atoms with van der Waals surface area (Å²) in [4.78, 5) is 29.2. The predicted molar refractivity (Wildman–Crippen MR) is 155 cm³/mol. The van der Waals surface area contributed by atoms with Crippen LogP contribution in [0.3, 0.4) is 0 Å². The molecule has 4 aromatic rings. The van der Waals surface area contributed by atoms with Crippen molar-refractivity contribution in [1.82, 2.24) is 10.2 Å². The molecule has 0 radical (unpaired) electrons. The molecule has 38 heavy (non-hydrogen) atoms. The zero-order chi connectivity index (χ0) is 26.2. The fraction of sp³-hybridized carbons (Fsp3) is 0.125. The third-order valence-corrected chi connectivity index (χ3v) is 10.6. The molecule has 1 fully saturated rings. The summed E-state index contributed by atoms with van der Waals surface area (Å²) in [6.07, 6.45) is 0. The van der Waals surface area contributed by atoms with Gasteiger partial charge in [0.2, 0.25) is 0 Å². The average molecular weight is 522 g/mol. The number of amides is 2. The van der Waals surface area contributed by atoms with Crippen LogP contribution in [0.5, 0.6) is 0 Å². The van der Waals surface area contributed by atoms with Gasteiger partial charge >= 0.3 is 0 Å². The Hall–Kier alpha value is -4.05. The molecule has 1 aliphatic heterocycles. The van der Waals surface area contributed by atoms with E-state index in [4.69, 9.17) is 4.74 Å². The lowest BCUT2D eigenvalue weighted by Crippen LogP contribution is -2.45. The van der Waals surface area contributed by atoms with Crippen LogP contribution in [-0.4, -0.2) is 43.0 Å². The van der Waals surface area contributed by atoms with Crippen molar-refractivity contribution in [2.24, 2.45) is 0 Å². The van der Waals surface area contributed by atoms with Crippen LogP contribution in [0, 0.1) is 0 Å². The Morgan fingerprint density at radius 1 is 0.658 bits per heavy atom. The van der Waals surface area contributed by atoms with Gasteiger partial charge in [-0.15, -0.1) is 0 Å². The fourth-order valence-corrected chi connectivity index (χ4v) is 8.55. The molecule has 0 unspecified atom stereocenters. The quantitative estimate of drug-likeness (QED) is 0.294. The average Bonchev–Trinajstić information content (AvgIpc) is 3.01. The topological polar surface area (TPSA) is 58.6 Å². The highest BCUT2D eigenvalue weighted by atomic mass is 31.2. The number of carbonyl (C=O) groups excluding carboxylic acids is 2. The smallest absolute Gasteiger partial charge is 0.274 e. The van der Waals surface area contributed by atoms with E-state index in [9.17, 15) is 9.59 Å². The SMILES string of the molecule is O=C(N/C(=C\[P+](c1ccccc1)(c1ccccc1)c1ccccc1)C(=O)N1CCOCC1)c1ccccc1. The molecule has 2 amide bonds. The van der Waals surface area contributed by atoms with Gasteiger partial charge in [-0.2, -0.15) is 0 Å². The fourth-order valence-electron chi connectivity index (χ4n) is 4.72. The van der Waals surface area contributed by atoms with E-state index in [2.05, 4.69) is 41.7 Å². The van der Waals surface area contributed by atoms with Crippen LogP contribution in [-0.2, 0) is 9.53 Å². The highest BCUT2D eigenvalue weighted by Gasteiger charge is 2.45. The first-order valence-electron chi connectivity index (χ1n) is 12.7. The minimum absolute atomic E-state index is 0.204. The molecule has 1 heterocycles. The number of rotatable bonds is 7. The van der Waals surface area contributed by atoms with Gasteiger partial charge in [0.05, 0.1) is 13.2 Å². The number of nitrogens with one attached hydrogen (secondary N) is 1. The van der Waals surface area contributed by atoms with Crippen LogP contribution in [0.25, 0.3) is 0 Å². The highest BCUT2D eigenvalue weighted by molar-refractivity contribution is 7.98. The Bertz CT molecular complexity index is 1290. The van der Waals surface area contributed by atoms with Gasteiger partial charge in [-0.3, -0.25) is 9.59 Å². The Morgan fingerprint density at radius 3 is 1.53 bits per heavy atom. The summed E-state index contributed by atoms with van der Waals surface area (Å²) in [5.74, 6) is 1.52. The summed E-state index contributed by atoms with van der Waals surface area (Å²) < 4.78 is 5.50. The molecule has 0 spiro atoms. The molecule has 1 aliphatic rings. The van der Waals surface area contributed by atoms with Crippen LogP contribution in [0.15, 0.2) is 133 Å². The van der Waals surface area contributed by atoms with Crippen molar-refractivity contribution >= 4 is 35.0 Å². The van der Waals surface area contributed by atoms with Crippen LogP contribution in [0.4, 0.5) is 0 Å². The summed E-state index contributed by atoms with van der Waals surface area (Å²) in [5, 5.41) is 6.30. The van der Waals surface area contributed by atoms with E-state index in [0.29, 0.717) is 31.9 Å². The number of ether oxygens (including phenoxy) is 1. The van der Waals surface area contributed by atoms with Crippen LogP contribution < -0.4 is 21.2 Å². The first kappa shape index (κ1) is 25.6. The maximum absolute atomic E-state index is 14.0. The second-order valence-electron chi connectivity index (χ2n) is 9.00. The maximum Gasteiger partial charge on any atom is 0.274 e. The van der Waals surface area contributed by atoms with Gasteiger partial charge < -0.3 is 15.0 Å². The summed E-state index contributed by atoms with van der Waals surface area (Å²) in [5.41, 5.74) is 0.780. The van der Waals surface area contributed by atoms with Crippen molar-refractivity contribution in [3.8, 4) is 0 Å². The van der Waals surface area contributed by atoms with E-state index in [1.807, 2.05) is 78.6 Å². The van der Waals surface area contributed by atoms with Crippen molar-refractivity contribution < 1.29 is 14.3 Å². The second kappa shape index (κ2) is 12.0. The Labute approximate surface area is 224 Å². The normalized spacial score (nSPS) is 14.1. The van der Waals surface area contributed by atoms with E-state index < -0.39 is 7.26 Å². The standard InChI is InChI=1S/C32H29N2O3P/c35-31(26-13-5-1-6-14-26)33-30(32(36)34-21-23-37-24-22-34)25-38(27-15-7-2-8-16-27,28-17-9-3-10-18-28)29-19-11-4-12-20-29/h1-20,25H,21-24H2/p+1/b30-25-. The molecule has 1 N–H and O–H groups in total. The number of morpholine rings is 1. The summed E-state index contributed by atoms with van der Waals surface area (Å²) in [6, 6.07) is 39.8. The molecule has 0 bridgehead atoms. The summed E-state index contributed by atoms with van der Waals surface area (Å²) in [6.45, 7) is 1.90. The van der Waals surface area contributed by atoms with Crippen molar-refractivity contribution in [3.63, 3.8) is 0 Å². The lowest BCUT2D eigenvalue weighted by molar-refractivity contribution is -0.131. The molecule has 5 nitrogen and oxygen atoms in total. The summed E-state index contributed by atoms with van der Waals surface area (Å²) in [7, 11) is -2.52. The summed E-state index contributed by atoms with van der Waals surface area (Å²) >= 11 is 0. The molecule has 0 saturated carbocycles. The first-order valence-corrected chi connectivity index (χ1v) is 14.6. The van der Waals surface area contributed by atoms with Gasteiger partial charge in [0.25, 0.3) is 11.8 Å². The lowest BCUT2D eigenvalue weighted by Gasteiger charge is -2.29. The number of hydrogen-bond acceptors (Lipinski definition) is 3. The van der Waals surface area contributed by atoms with Crippen LogP contribution in [0.1, 0.15) is 10.4 Å². The van der Waals surface area contributed by atoms with E-state index in [-0.39, 0.29) is 17.5 Å². The number of benzene rings is 4. The minimum atomic E-state index is -2.52. The molecule has 4 aromatic carbocycles. The minimum Gasteiger partial charge on any atom is -0.378 e. The van der Waals surface area contributed by atoms with E-state index in [1.54, 1.807) is 17.0 Å². The molecule has 5 rings (SSSR count). The van der Waals surface area contributed by atoms with Gasteiger partial charge in [-0.05, 0) is 48.5 Å². The van der Waals surface area contributed by atoms with E-state index >= 15 is 0 Å². The number of carbonyl (C=O) groups is 2. The highest BCUT2D eigenvalue weighted by Crippen LogP contribution is 2.57. The van der Waals surface area contributed by atoms with Gasteiger partial charge in [0.15, 0.2) is 0 Å². The zero-order valence-corrected chi connectivity index (χ0v) is 22.0. The Morgan fingerprint density at radius 2 is 1.08 bits per heavy atom. The Balaban J connectivity index is 1.74. The molecule has 190 valence electrons. The Kier molecular flexibility index (Phi) is 8.08. The molecular formula is C32H30N2O3P+. The largest absolute Gasteiger partial charge is 0.378 e. The molecule has 1 saturated heterocycles. The van der Waals surface area contributed by atoms with Crippen molar-refractivity contribution in [3.05, 3.63) is 138 Å². The van der Waals surface area contributed by atoms with Gasteiger partial charge in [-0.1, -0.05) is 72.8 Å². The predicted octanol–water partition coefficient (Wildman–Crippen LogP) is 4.11. The molecular weight excluding hydrogens is 491 g/mol. The molecule has 0 aliphatic carbocycles. The third-order valence-electron chi connectivity index (χ3n) is 6.63. The molecule has 0 atom stereocenters. The van der Waals surface area contributed by atoms with Crippen molar-refractivity contribution in [2.45, 2.75) is 0 Å². The third kappa shape index (κ3) is 5.45. The first-order chi connectivity index (χ1) is 18.7. The molecule has 6 heteroatoms. The van der Waals surface area contributed by atoms with Gasteiger partial charge in [0.1, 0.15) is 34.7 Å². The number of hydrogen-bond donors (Lipinski definition) is 1. The van der Waals surface area contributed by atoms with Gasteiger partial charge in [-0.25, -0.2) is 0 Å². The van der Waals surface area contributed by atoms with E-state index in [1.165, 1.54) is 0 Å². The lowest BCUT2D eigenvalue weighted by atomic mass is 10.2. The maximum atomic E-state index is 14.0. The number of nitrogens with zero attached hydrogens (tertiary/aromatic N) is 1. The van der Waals surface area contributed by atoms with Crippen LogP contribution in [0.2, 0.25) is 0 Å². The zero-order valence-electron chi connectivity index (χ0n) is 21.1. The monoisotopic (exact) mass is 521 g/mol. The van der Waals surface area contributed by atoms with Crippen LogP contribution >= 0.6 is 7.26 Å². The van der Waals surface area contributed by atoms with E-state index in [0.717, 1.165) is 15.9 Å². The van der Waals surface area contributed by atoms with Crippen molar-refractivity contribution in [1.29, 1.82) is 0 Å². The molecule has 0 aromatic heterocycles. The van der Waals surface area contributed by atoms with Gasteiger partial charge in [0, 0.05) is 18.7 Å². The van der Waals surface area contributed by atoms with Crippen molar-refractivity contribution in [2.75, 3.05) is 26.3 Å².